The van der Waals surface area contributed by atoms with Gasteiger partial charge in [0, 0.05) is 37.3 Å². The third-order valence-electron chi connectivity index (χ3n) is 4.71. The predicted octanol–water partition coefficient (Wildman–Crippen LogP) is 2.33. The van der Waals surface area contributed by atoms with Gasteiger partial charge in [-0.2, -0.15) is 0 Å². The Bertz CT molecular complexity index is 1000. The minimum Gasteiger partial charge on any atom is -0.338 e. The maximum atomic E-state index is 12.6. The van der Waals surface area contributed by atoms with Crippen molar-refractivity contribution in [3.8, 4) is 0 Å². The second-order valence-electron chi connectivity index (χ2n) is 6.85. The van der Waals surface area contributed by atoms with Gasteiger partial charge in [-0.15, -0.1) is 11.3 Å². The Morgan fingerprint density at radius 3 is 2.73 bits per heavy atom. The highest BCUT2D eigenvalue weighted by Gasteiger charge is 2.28. The van der Waals surface area contributed by atoms with Crippen molar-refractivity contribution in [1.29, 1.82) is 0 Å². The molecule has 3 rings (SSSR count). The first-order valence-electron chi connectivity index (χ1n) is 9.66. The van der Waals surface area contributed by atoms with Crippen LogP contribution in [-0.4, -0.2) is 49.8 Å². The van der Waals surface area contributed by atoms with Gasteiger partial charge in [-0.05, 0) is 36.6 Å². The molecule has 1 aromatic carbocycles. The first-order chi connectivity index (χ1) is 14.4. The second kappa shape index (κ2) is 9.96. The second-order valence-corrected chi connectivity index (χ2v) is 9.52. The van der Waals surface area contributed by atoms with Gasteiger partial charge in [-0.25, -0.2) is 18.1 Å². The number of amides is 2. The number of carbonyl (C=O) groups excluding carboxylic acids is 2. The molecule has 1 aliphatic heterocycles. The van der Waals surface area contributed by atoms with Crippen molar-refractivity contribution in [2.75, 3.05) is 25.0 Å². The zero-order valence-corrected chi connectivity index (χ0v) is 18.2. The molecule has 0 radical (unpaired) electrons. The number of anilines is 1. The van der Waals surface area contributed by atoms with E-state index in [0.29, 0.717) is 30.3 Å². The monoisotopic (exact) mass is 448 g/mol. The molecule has 1 saturated heterocycles. The molecule has 2 amide bonds. The summed E-state index contributed by atoms with van der Waals surface area (Å²) in [4.78, 5) is 30.9. The lowest BCUT2D eigenvalue weighted by atomic mass is 9.97. The number of rotatable bonds is 7. The van der Waals surface area contributed by atoms with E-state index in [1.165, 1.54) is 29.5 Å². The molecule has 160 valence electrons. The number of sulfonamides is 1. The average molecular weight is 449 g/mol. The maximum Gasteiger partial charge on any atom is 0.246 e. The molecule has 1 aliphatic rings. The normalized spacial score (nSPS) is 17.2. The molecule has 0 aliphatic carbocycles. The third-order valence-corrected chi connectivity index (χ3v) is 6.96. The SMILES string of the molecule is CCNS(=O)(=O)c1ccc(/C=C/C(=O)N2CCCC(C(=O)Nc3nccs3)C2)cc1. The van der Waals surface area contributed by atoms with Crippen LogP contribution in [0.1, 0.15) is 25.3 Å². The molecular formula is C20H24N4O4S2. The van der Waals surface area contributed by atoms with Crippen molar-refractivity contribution >= 4 is 44.4 Å². The predicted molar refractivity (Wildman–Crippen MR) is 116 cm³/mol. The van der Waals surface area contributed by atoms with Crippen molar-refractivity contribution in [1.82, 2.24) is 14.6 Å². The molecule has 1 unspecified atom stereocenters. The highest BCUT2D eigenvalue weighted by Crippen LogP contribution is 2.20. The van der Waals surface area contributed by atoms with Gasteiger partial charge >= 0.3 is 0 Å². The molecule has 8 nitrogen and oxygen atoms in total. The Labute approximate surface area is 180 Å². The molecule has 2 heterocycles. The Morgan fingerprint density at radius 2 is 2.07 bits per heavy atom. The van der Waals surface area contributed by atoms with Gasteiger partial charge in [-0.1, -0.05) is 19.1 Å². The number of nitrogens with one attached hydrogen (secondary N) is 2. The van der Waals surface area contributed by atoms with Crippen molar-refractivity contribution in [3.05, 3.63) is 47.5 Å². The topological polar surface area (TPSA) is 108 Å². The van der Waals surface area contributed by atoms with Crippen molar-refractivity contribution in [2.45, 2.75) is 24.7 Å². The molecule has 0 bridgehead atoms. The fourth-order valence-electron chi connectivity index (χ4n) is 3.19. The summed E-state index contributed by atoms with van der Waals surface area (Å²) >= 11 is 1.36. The molecule has 10 heteroatoms. The van der Waals surface area contributed by atoms with Crippen LogP contribution in [0.3, 0.4) is 0 Å². The van der Waals surface area contributed by atoms with E-state index < -0.39 is 10.0 Å². The molecular weight excluding hydrogens is 424 g/mol. The van der Waals surface area contributed by atoms with E-state index >= 15 is 0 Å². The summed E-state index contributed by atoms with van der Waals surface area (Å²) < 4.78 is 26.4. The van der Waals surface area contributed by atoms with E-state index in [1.54, 1.807) is 41.6 Å². The van der Waals surface area contributed by atoms with Crippen molar-refractivity contribution < 1.29 is 18.0 Å². The highest BCUT2D eigenvalue weighted by molar-refractivity contribution is 7.89. The lowest BCUT2D eigenvalue weighted by Gasteiger charge is -2.31. The van der Waals surface area contributed by atoms with Crippen LogP contribution >= 0.6 is 11.3 Å². The van der Waals surface area contributed by atoms with Gasteiger partial charge in [0.15, 0.2) is 5.13 Å². The summed E-state index contributed by atoms with van der Waals surface area (Å²) in [5, 5.41) is 5.14. The molecule has 30 heavy (non-hydrogen) atoms. The van der Waals surface area contributed by atoms with Gasteiger partial charge in [-0.3, -0.25) is 9.59 Å². The third kappa shape index (κ3) is 5.74. The number of hydrogen-bond acceptors (Lipinski definition) is 6. The van der Waals surface area contributed by atoms with Gasteiger partial charge < -0.3 is 10.2 Å². The van der Waals surface area contributed by atoms with Crippen LogP contribution in [0.2, 0.25) is 0 Å². The van der Waals surface area contributed by atoms with Crippen molar-refractivity contribution in [2.24, 2.45) is 5.92 Å². The van der Waals surface area contributed by atoms with Crippen LogP contribution in [0.5, 0.6) is 0 Å². The van der Waals surface area contributed by atoms with Crippen molar-refractivity contribution in [3.63, 3.8) is 0 Å². The van der Waals surface area contributed by atoms with Crippen LogP contribution in [0, 0.1) is 5.92 Å². The lowest BCUT2D eigenvalue weighted by Crippen LogP contribution is -2.43. The number of carbonyl (C=O) groups is 2. The molecule has 1 fully saturated rings. The van der Waals surface area contributed by atoms with E-state index in [9.17, 15) is 18.0 Å². The molecule has 0 spiro atoms. The number of thiazole rings is 1. The van der Waals surface area contributed by atoms with Gasteiger partial charge in [0.1, 0.15) is 0 Å². The number of hydrogen-bond donors (Lipinski definition) is 2. The number of piperidine rings is 1. The molecule has 2 N–H and O–H groups in total. The fourth-order valence-corrected chi connectivity index (χ4v) is 4.76. The minimum atomic E-state index is -3.50. The summed E-state index contributed by atoms with van der Waals surface area (Å²) in [6.45, 7) is 3.00. The Kier molecular flexibility index (Phi) is 7.35. The van der Waals surface area contributed by atoms with Gasteiger partial charge in [0.25, 0.3) is 0 Å². The standard InChI is InChI=1S/C20H24N4O4S2/c1-2-22-30(27,28)17-8-5-15(6-9-17)7-10-18(25)24-12-3-4-16(14-24)19(26)23-20-21-11-13-29-20/h5-11,13,16,22H,2-4,12,14H2,1H3,(H,21,23,26)/b10-7+. The Morgan fingerprint density at radius 1 is 1.30 bits per heavy atom. The number of nitrogens with zero attached hydrogens (tertiary/aromatic N) is 2. The lowest BCUT2D eigenvalue weighted by molar-refractivity contribution is -0.130. The number of likely N-dealkylation sites (tertiary alicyclic amines) is 1. The van der Waals surface area contributed by atoms with E-state index in [4.69, 9.17) is 0 Å². The van der Waals surface area contributed by atoms with Crippen LogP contribution in [0.25, 0.3) is 6.08 Å². The summed E-state index contributed by atoms with van der Waals surface area (Å²) in [5.74, 6) is -0.564. The quantitative estimate of drug-likeness (QED) is 0.632. The van der Waals surface area contributed by atoms with Gasteiger partial charge in [0.05, 0.1) is 10.8 Å². The van der Waals surface area contributed by atoms with Crippen LogP contribution < -0.4 is 10.0 Å². The summed E-state index contributed by atoms with van der Waals surface area (Å²) in [6, 6.07) is 6.30. The van der Waals surface area contributed by atoms with Gasteiger partial charge in [0.2, 0.25) is 21.8 Å². The number of benzene rings is 1. The first-order valence-corrected chi connectivity index (χ1v) is 12.0. The largest absolute Gasteiger partial charge is 0.338 e. The summed E-state index contributed by atoms with van der Waals surface area (Å²) in [7, 11) is -3.50. The minimum absolute atomic E-state index is 0.121. The van der Waals surface area contributed by atoms with Crippen LogP contribution in [-0.2, 0) is 19.6 Å². The fraction of sp³-hybridized carbons (Fsp3) is 0.350. The summed E-state index contributed by atoms with van der Waals surface area (Å²) in [6.07, 6.45) is 6.21. The van der Waals surface area contributed by atoms with Crippen LogP contribution in [0.4, 0.5) is 5.13 Å². The molecule has 0 saturated carbocycles. The smallest absolute Gasteiger partial charge is 0.246 e. The Balaban J connectivity index is 1.58. The van der Waals surface area contributed by atoms with E-state index in [0.717, 1.165) is 12.8 Å². The van der Waals surface area contributed by atoms with E-state index in [2.05, 4.69) is 15.0 Å². The highest BCUT2D eigenvalue weighted by atomic mass is 32.2. The molecule has 1 aromatic heterocycles. The van der Waals surface area contributed by atoms with Crippen LogP contribution in [0.15, 0.2) is 46.8 Å². The maximum absolute atomic E-state index is 12.6. The van der Waals surface area contributed by atoms with E-state index in [1.807, 2.05) is 0 Å². The molecule has 2 aromatic rings. The first kappa shape index (κ1) is 22.1. The van der Waals surface area contributed by atoms with E-state index in [-0.39, 0.29) is 22.6 Å². The summed E-state index contributed by atoms with van der Waals surface area (Å²) in [5.41, 5.74) is 0.717. The molecule has 1 atom stereocenters. The number of aromatic nitrogens is 1. The Hall–Kier alpha value is -2.56. The zero-order chi connectivity index (χ0) is 21.6. The average Bonchev–Trinajstić information content (AvgIpc) is 3.25. The zero-order valence-electron chi connectivity index (χ0n) is 16.6.